The number of rotatable bonds is 4. The van der Waals surface area contributed by atoms with Gasteiger partial charge in [0.15, 0.2) is 5.17 Å². The molecular weight excluding hydrogens is 432 g/mol. The molecular formula is C22H20N4O3S2. The Morgan fingerprint density at radius 2 is 1.74 bits per heavy atom. The van der Waals surface area contributed by atoms with E-state index in [9.17, 15) is 13.2 Å². The molecule has 31 heavy (non-hydrogen) atoms. The van der Waals surface area contributed by atoms with Crippen molar-refractivity contribution in [2.75, 3.05) is 0 Å². The van der Waals surface area contributed by atoms with E-state index in [1.807, 2.05) is 60.9 Å². The number of primary sulfonamides is 1. The van der Waals surface area contributed by atoms with E-state index in [0.29, 0.717) is 10.1 Å². The summed E-state index contributed by atoms with van der Waals surface area (Å²) in [5.74, 6) is -0.193. The molecule has 0 atom stereocenters. The van der Waals surface area contributed by atoms with Crippen molar-refractivity contribution in [1.29, 1.82) is 0 Å². The number of amidine groups is 1. The number of nitrogens with zero attached hydrogens (tertiary/aromatic N) is 2. The molecule has 4 rings (SSSR count). The monoisotopic (exact) mass is 452 g/mol. The highest BCUT2D eigenvalue weighted by atomic mass is 32.2. The maximum absolute atomic E-state index is 12.4. The highest BCUT2D eigenvalue weighted by Gasteiger charge is 2.24. The Labute approximate surface area is 184 Å². The average molecular weight is 453 g/mol. The van der Waals surface area contributed by atoms with Gasteiger partial charge in [0.1, 0.15) is 0 Å². The number of nitrogens with one attached hydrogen (secondary N) is 1. The SMILES string of the molecule is Cc1cc(/C=C2\SC(=Nc3ccccc3)NC2=O)c(C)n1-c1ccc(S(N)(=O)=O)cc1. The molecule has 3 aromatic rings. The van der Waals surface area contributed by atoms with Crippen molar-refractivity contribution in [2.24, 2.45) is 10.1 Å². The number of hydrogen-bond donors (Lipinski definition) is 2. The molecule has 1 aliphatic heterocycles. The number of carbonyl (C=O) groups excluding carboxylic acids is 1. The first-order valence-corrected chi connectivity index (χ1v) is 11.8. The Morgan fingerprint density at radius 3 is 2.39 bits per heavy atom. The van der Waals surface area contributed by atoms with Crippen molar-refractivity contribution < 1.29 is 13.2 Å². The molecule has 0 radical (unpaired) electrons. The number of carbonyl (C=O) groups is 1. The molecule has 1 fully saturated rings. The minimum absolute atomic E-state index is 0.0605. The van der Waals surface area contributed by atoms with E-state index in [0.717, 1.165) is 28.3 Å². The Bertz CT molecular complexity index is 1320. The normalized spacial score (nSPS) is 16.8. The number of aliphatic imine (C=N–C) groups is 1. The highest BCUT2D eigenvalue weighted by molar-refractivity contribution is 8.18. The number of aromatic nitrogens is 1. The number of benzene rings is 2. The minimum Gasteiger partial charge on any atom is -0.318 e. The number of hydrogen-bond acceptors (Lipinski definition) is 5. The predicted molar refractivity (Wildman–Crippen MR) is 124 cm³/mol. The Balaban J connectivity index is 1.64. The topological polar surface area (TPSA) is 107 Å². The first-order valence-electron chi connectivity index (χ1n) is 9.39. The molecule has 0 aliphatic carbocycles. The summed E-state index contributed by atoms with van der Waals surface area (Å²) in [6.07, 6.45) is 1.84. The van der Waals surface area contributed by atoms with Crippen LogP contribution in [-0.4, -0.2) is 24.1 Å². The summed E-state index contributed by atoms with van der Waals surface area (Å²) < 4.78 is 25.0. The molecule has 1 aliphatic rings. The van der Waals surface area contributed by atoms with Crippen LogP contribution in [0.1, 0.15) is 17.0 Å². The van der Waals surface area contributed by atoms with Crippen LogP contribution in [0, 0.1) is 13.8 Å². The van der Waals surface area contributed by atoms with Gasteiger partial charge in [0, 0.05) is 17.1 Å². The molecule has 0 spiro atoms. The minimum atomic E-state index is -3.74. The van der Waals surface area contributed by atoms with Gasteiger partial charge in [-0.3, -0.25) is 4.79 Å². The Hall–Kier alpha value is -3.14. The third-order valence-corrected chi connectivity index (χ3v) is 6.66. The molecule has 7 nitrogen and oxygen atoms in total. The second kappa shape index (κ2) is 8.18. The number of aryl methyl sites for hydroxylation is 1. The van der Waals surface area contributed by atoms with Crippen molar-refractivity contribution in [2.45, 2.75) is 18.7 Å². The van der Waals surface area contributed by atoms with Crippen LogP contribution >= 0.6 is 11.8 Å². The summed E-state index contributed by atoms with van der Waals surface area (Å²) in [6, 6.07) is 17.8. The number of nitrogens with two attached hydrogens (primary N) is 1. The first-order chi connectivity index (χ1) is 14.7. The number of sulfonamides is 1. The van der Waals surface area contributed by atoms with E-state index in [1.165, 1.54) is 23.9 Å². The average Bonchev–Trinajstić information content (AvgIpc) is 3.20. The van der Waals surface area contributed by atoms with E-state index < -0.39 is 10.0 Å². The van der Waals surface area contributed by atoms with Crippen molar-refractivity contribution in [1.82, 2.24) is 9.88 Å². The van der Waals surface area contributed by atoms with Gasteiger partial charge in [-0.2, -0.15) is 0 Å². The summed E-state index contributed by atoms with van der Waals surface area (Å²) >= 11 is 1.29. The van der Waals surface area contributed by atoms with Crippen LogP contribution in [0.2, 0.25) is 0 Å². The zero-order chi connectivity index (χ0) is 22.2. The number of amides is 1. The van der Waals surface area contributed by atoms with Crippen molar-refractivity contribution in [3.05, 3.63) is 82.5 Å². The van der Waals surface area contributed by atoms with Gasteiger partial charge in [-0.25, -0.2) is 18.5 Å². The smallest absolute Gasteiger partial charge is 0.264 e. The lowest BCUT2D eigenvalue weighted by molar-refractivity contribution is -0.115. The van der Waals surface area contributed by atoms with Crippen LogP contribution in [0.3, 0.4) is 0 Å². The van der Waals surface area contributed by atoms with Gasteiger partial charge in [0.2, 0.25) is 10.0 Å². The maximum atomic E-state index is 12.4. The lowest BCUT2D eigenvalue weighted by Crippen LogP contribution is -2.19. The van der Waals surface area contributed by atoms with Gasteiger partial charge in [-0.05, 0) is 79.7 Å². The van der Waals surface area contributed by atoms with E-state index in [2.05, 4.69) is 10.3 Å². The van der Waals surface area contributed by atoms with E-state index >= 15 is 0 Å². The third-order valence-electron chi connectivity index (χ3n) is 4.82. The van der Waals surface area contributed by atoms with Gasteiger partial charge < -0.3 is 9.88 Å². The van der Waals surface area contributed by atoms with Crippen LogP contribution in [-0.2, 0) is 14.8 Å². The quantitative estimate of drug-likeness (QED) is 0.590. The Morgan fingerprint density at radius 1 is 1.06 bits per heavy atom. The molecule has 9 heteroatoms. The molecule has 1 aromatic heterocycles. The van der Waals surface area contributed by atoms with Gasteiger partial charge in [-0.15, -0.1) is 0 Å². The second-order valence-corrected chi connectivity index (χ2v) is 9.61. The van der Waals surface area contributed by atoms with Gasteiger partial charge >= 0.3 is 0 Å². The van der Waals surface area contributed by atoms with E-state index in [-0.39, 0.29) is 10.8 Å². The summed E-state index contributed by atoms with van der Waals surface area (Å²) in [7, 11) is -3.74. The van der Waals surface area contributed by atoms with Crippen LogP contribution in [0.5, 0.6) is 0 Å². The molecule has 158 valence electrons. The lowest BCUT2D eigenvalue weighted by Gasteiger charge is -2.10. The number of para-hydroxylation sites is 1. The standard InChI is InChI=1S/C22H20N4O3S2/c1-14-12-16(15(2)26(14)18-8-10-19(11-9-18)31(23,28)29)13-20-21(27)25-22(30-20)24-17-6-4-3-5-7-17/h3-13H,1-2H3,(H2,23,28,29)(H,24,25,27)/b20-13-. The van der Waals surface area contributed by atoms with Gasteiger partial charge in [0.05, 0.1) is 15.5 Å². The van der Waals surface area contributed by atoms with Crippen LogP contribution in [0.4, 0.5) is 5.69 Å². The van der Waals surface area contributed by atoms with E-state index in [1.54, 1.807) is 12.1 Å². The fourth-order valence-corrected chi connectivity index (χ4v) is 4.71. The highest BCUT2D eigenvalue weighted by Crippen LogP contribution is 2.30. The van der Waals surface area contributed by atoms with Crippen molar-refractivity contribution >= 4 is 44.6 Å². The van der Waals surface area contributed by atoms with E-state index in [4.69, 9.17) is 5.14 Å². The second-order valence-electron chi connectivity index (χ2n) is 7.02. The summed E-state index contributed by atoms with van der Waals surface area (Å²) in [4.78, 5) is 17.5. The third kappa shape index (κ3) is 4.48. The fourth-order valence-electron chi connectivity index (χ4n) is 3.36. The molecule has 1 amide bonds. The predicted octanol–water partition coefficient (Wildman–Crippen LogP) is 3.63. The first kappa shape index (κ1) is 21.1. The van der Waals surface area contributed by atoms with Crippen LogP contribution in [0.15, 0.2) is 75.5 Å². The molecule has 0 saturated carbocycles. The van der Waals surface area contributed by atoms with Crippen molar-refractivity contribution in [3.8, 4) is 5.69 Å². The molecule has 2 aromatic carbocycles. The van der Waals surface area contributed by atoms with Gasteiger partial charge in [0.25, 0.3) is 5.91 Å². The van der Waals surface area contributed by atoms with Crippen LogP contribution < -0.4 is 10.5 Å². The molecule has 1 saturated heterocycles. The zero-order valence-corrected chi connectivity index (χ0v) is 18.5. The maximum Gasteiger partial charge on any atom is 0.264 e. The lowest BCUT2D eigenvalue weighted by atomic mass is 10.2. The summed E-state index contributed by atoms with van der Waals surface area (Å²) in [5.41, 5.74) is 4.35. The van der Waals surface area contributed by atoms with Crippen LogP contribution in [0.25, 0.3) is 11.8 Å². The Kier molecular flexibility index (Phi) is 5.57. The van der Waals surface area contributed by atoms with Crippen molar-refractivity contribution in [3.63, 3.8) is 0 Å². The summed E-state index contributed by atoms with van der Waals surface area (Å²) in [5, 5.41) is 8.51. The molecule has 0 bridgehead atoms. The number of thioether (sulfide) groups is 1. The summed E-state index contributed by atoms with van der Waals surface area (Å²) in [6.45, 7) is 3.90. The zero-order valence-electron chi connectivity index (χ0n) is 16.9. The largest absolute Gasteiger partial charge is 0.318 e. The molecule has 3 N–H and O–H groups in total. The van der Waals surface area contributed by atoms with Gasteiger partial charge in [-0.1, -0.05) is 18.2 Å². The molecule has 2 heterocycles. The fraction of sp³-hybridized carbons (Fsp3) is 0.0909. The molecule has 0 unspecified atom stereocenters.